The second-order valence-electron chi connectivity index (χ2n) is 4.10. The Bertz CT molecular complexity index is 548. The molecule has 0 saturated heterocycles. The number of thioether (sulfide) groups is 1. The second-order valence-corrected chi connectivity index (χ2v) is 5.41. The first kappa shape index (κ1) is 13.9. The topological polar surface area (TPSA) is 30.7 Å². The molecule has 19 heavy (non-hydrogen) atoms. The zero-order valence-electron chi connectivity index (χ0n) is 10.3. The highest BCUT2D eigenvalue weighted by Crippen LogP contribution is 2.35. The number of hydrogen-bond acceptors (Lipinski definition) is 3. The van der Waals surface area contributed by atoms with E-state index >= 15 is 0 Å². The van der Waals surface area contributed by atoms with Gasteiger partial charge < -0.3 is 4.57 Å². The van der Waals surface area contributed by atoms with Crippen molar-refractivity contribution in [1.29, 1.82) is 0 Å². The van der Waals surface area contributed by atoms with Crippen molar-refractivity contribution >= 4 is 11.8 Å². The molecule has 1 heterocycles. The third-order valence-electron chi connectivity index (χ3n) is 2.66. The molecule has 102 valence electrons. The summed E-state index contributed by atoms with van der Waals surface area (Å²) in [5, 5.41) is 8.43. The monoisotopic (exact) mass is 287 g/mol. The zero-order valence-corrected chi connectivity index (χ0v) is 11.2. The lowest BCUT2D eigenvalue weighted by molar-refractivity contribution is -0.137. The van der Waals surface area contributed by atoms with Crippen LogP contribution in [0.5, 0.6) is 0 Å². The Labute approximate surface area is 112 Å². The summed E-state index contributed by atoms with van der Waals surface area (Å²) in [4.78, 5) is 0. The molecule has 0 spiro atoms. The number of rotatable bonds is 3. The Kier molecular flexibility index (Phi) is 3.84. The van der Waals surface area contributed by atoms with Gasteiger partial charge in [0.25, 0.3) is 0 Å². The molecule has 2 aromatic rings. The van der Waals surface area contributed by atoms with E-state index in [0.717, 1.165) is 22.9 Å². The lowest BCUT2D eigenvalue weighted by Gasteiger charge is -2.12. The Morgan fingerprint density at radius 2 is 1.84 bits per heavy atom. The fraction of sp³-hybridized carbons (Fsp3) is 0.333. The highest BCUT2D eigenvalue weighted by molar-refractivity contribution is 7.99. The van der Waals surface area contributed by atoms with Crippen LogP contribution in [0.3, 0.4) is 0 Å². The highest BCUT2D eigenvalue weighted by atomic mass is 32.2. The molecule has 0 N–H and O–H groups in total. The van der Waals surface area contributed by atoms with Gasteiger partial charge in [0.2, 0.25) is 0 Å². The predicted molar refractivity (Wildman–Crippen MR) is 66.7 cm³/mol. The number of aryl methyl sites for hydroxylation is 1. The summed E-state index contributed by atoms with van der Waals surface area (Å²) in [6, 6.07) is 5.19. The van der Waals surface area contributed by atoms with E-state index < -0.39 is 11.7 Å². The van der Waals surface area contributed by atoms with E-state index in [-0.39, 0.29) is 5.25 Å². The first-order chi connectivity index (χ1) is 8.88. The van der Waals surface area contributed by atoms with Gasteiger partial charge in [-0.25, -0.2) is 0 Å². The normalized spacial score (nSPS) is 13.5. The van der Waals surface area contributed by atoms with Crippen molar-refractivity contribution in [3.05, 3.63) is 41.7 Å². The van der Waals surface area contributed by atoms with Crippen molar-refractivity contribution in [3.8, 4) is 0 Å². The first-order valence-corrected chi connectivity index (χ1v) is 6.43. The van der Waals surface area contributed by atoms with Gasteiger partial charge in [-0.15, -0.1) is 10.2 Å². The van der Waals surface area contributed by atoms with Gasteiger partial charge >= 0.3 is 6.18 Å². The number of nitrogens with zero attached hydrogens (tertiary/aromatic N) is 3. The van der Waals surface area contributed by atoms with E-state index in [2.05, 4.69) is 10.2 Å². The molecule has 3 nitrogen and oxygen atoms in total. The molecule has 0 saturated carbocycles. The van der Waals surface area contributed by atoms with Crippen molar-refractivity contribution in [1.82, 2.24) is 14.8 Å². The number of halogens is 3. The Morgan fingerprint density at radius 1 is 1.21 bits per heavy atom. The van der Waals surface area contributed by atoms with Crippen LogP contribution in [-0.2, 0) is 13.2 Å². The van der Waals surface area contributed by atoms with Gasteiger partial charge in [-0.3, -0.25) is 0 Å². The van der Waals surface area contributed by atoms with Crippen molar-refractivity contribution in [2.75, 3.05) is 0 Å². The fourth-order valence-electron chi connectivity index (χ4n) is 1.55. The van der Waals surface area contributed by atoms with Gasteiger partial charge in [-0.2, -0.15) is 13.2 Å². The molecular weight excluding hydrogens is 275 g/mol. The molecule has 0 fully saturated rings. The fourth-order valence-corrected chi connectivity index (χ4v) is 2.47. The molecule has 1 atom stereocenters. The average Bonchev–Trinajstić information content (AvgIpc) is 2.74. The van der Waals surface area contributed by atoms with Crippen LogP contribution in [0.1, 0.15) is 23.3 Å². The summed E-state index contributed by atoms with van der Waals surface area (Å²) in [6.45, 7) is 1.92. The minimum absolute atomic E-state index is 0.00480. The lowest BCUT2D eigenvalue weighted by atomic mass is 10.1. The number of benzene rings is 1. The molecule has 7 heteroatoms. The Hall–Kier alpha value is -1.50. The molecule has 0 aliphatic carbocycles. The van der Waals surface area contributed by atoms with Crippen LogP contribution in [0.25, 0.3) is 0 Å². The van der Waals surface area contributed by atoms with Crippen LogP contribution < -0.4 is 0 Å². The summed E-state index contributed by atoms with van der Waals surface area (Å²) in [6.07, 6.45) is -2.71. The van der Waals surface area contributed by atoms with Crippen LogP contribution in [0, 0.1) is 0 Å². The van der Waals surface area contributed by atoms with Crippen LogP contribution in [0.15, 0.2) is 35.7 Å². The smallest absolute Gasteiger partial charge is 0.312 e. The molecule has 0 aliphatic rings. The average molecular weight is 287 g/mol. The maximum absolute atomic E-state index is 12.5. The SMILES string of the molecule is C[C@H](Sc1nncn1C)c1ccc(C(F)(F)F)cc1. The van der Waals surface area contributed by atoms with Crippen molar-refractivity contribution in [2.45, 2.75) is 23.5 Å². The van der Waals surface area contributed by atoms with Gasteiger partial charge in [0, 0.05) is 12.3 Å². The molecule has 1 aromatic carbocycles. The maximum Gasteiger partial charge on any atom is 0.416 e. The van der Waals surface area contributed by atoms with E-state index in [9.17, 15) is 13.2 Å². The largest absolute Gasteiger partial charge is 0.416 e. The van der Waals surface area contributed by atoms with E-state index in [4.69, 9.17) is 0 Å². The number of alkyl halides is 3. The Balaban J connectivity index is 2.12. The first-order valence-electron chi connectivity index (χ1n) is 5.55. The summed E-state index contributed by atoms with van der Waals surface area (Å²) in [5.74, 6) is 0. The zero-order chi connectivity index (χ0) is 14.0. The molecule has 0 amide bonds. The number of hydrogen-bond donors (Lipinski definition) is 0. The van der Waals surface area contributed by atoms with E-state index in [1.54, 1.807) is 10.9 Å². The number of aromatic nitrogens is 3. The van der Waals surface area contributed by atoms with Gasteiger partial charge in [0.1, 0.15) is 6.33 Å². The van der Waals surface area contributed by atoms with Gasteiger partial charge in [0.15, 0.2) is 5.16 Å². The maximum atomic E-state index is 12.5. The molecule has 1 aromatic heterocycles. The predicted octanol–water partition coefficient (Wildman–Crippen LogP) is 3.69. The third kappa shape index (κ3) is 3.28. The van der Waals surface area contributed by atoms with Crippen LogP contribution in [0.2, 0.25) is 0 Å². The summed E-state index contributed by atoms with van der Waals surface area (Å²) in [7, 11) is 1.82. The van der Waals surface area contributed by atoms with Gasteiger partial charge in [0.05, 0.1) is 5.56 Å². The van der Waals surface area contributed by atoms with Crippen molar-refractivity contribution in [3.63, 3.8) is 0 Å². The van der Waals surface area contributed by atoms with Crippen molar-refractivity contribution in [2.24, 2.45) is 7.05 Å². The summed E-state index contributed by atoms with van der Waals surface area (Å²) < 4.78 is 39.1. The van der Waals surface area contributed by atoms with Crippen molar-refractivity contribution < 1.29 is 13.2 Å². The minimum Gasteiger partial charge on any atom is -0.312 e. The summed E-state index contributed by atoms with van der Waals surface area (Å²) in [5.41, 5.74) is 0.188. The summed E-state index contributed by atoms with van der Waals surface area (Å²) >= 11 is 1.45. The second kappa shape index (κ2) is 5.24. The molecular formula is C12H12F3N3S. The molecule has 2 rings (SSSR count). The highest BCUT2D eigenvalue weighted by Gasteiger charge is 2.30. The van der Waals surface area contributed by atoms with E-state index in [0.29, 0.717) is 0 Å². The quantitative estimate of drug-likeness (QED) is 0.807. The van der Waals surface area contributed by atoms with Crippen LogP contribution >= 0.6 is 11.8 Å². The minimum atomic E-state index is -4.29. The van der Waals surface area contributed by atoms with Gasteiger partial charge in [-0.05, 0) is 24.6 Å². The van der Waals surface area contributed by atoms with Crippen LogP contribution in [-0.4, -0.2) is 14.8 Å². The van der Waals surface area contributed by atoms with E-state index in [1.807, 2.05) is 14.0 Å². The lowest BCUT2D eigenvalue weighted by Crippen LogP contribution is -2.04. The van der Waals surface area contributed by atoms with Gasteiger partial charge in [-0.1, -0.05) is 23.9 Å². The molecule has 0 aliphatic heterocycles. The molecule has 0 radical (unpaired) electrons. The van der Waals surface area contributed by atoms with Crippen LogP contribution in [0.4, 0.5) is 13.2 Å². The standard InChI is InChI=1S/C12H12F3N3S/c1-8(19-11-17-16-7-18(11)2)9-3-5-10(6-4-9)12(13,14)15/h3-8H,1-2H3/t8-/m0/s1. The molecule has 0 bridgehead atoms. The van der Waals surface area contributed by atoms with E-state index in [1.165, 1.54) is 23.9 Å². The third-order valence-corrected chi connectivity index (χ3v) is 3.87. The molecule has 0 unspecified atom stereocenters. The Morgan fingerprint density at radius 3 is 2.32 bits per heavy atom.